The topological polar surface area (TPSA) is 130 Å². The van der Waals surface area contributed by atoms with Gasteiger partial charge in [0.15, 0.2) is 0 Å². The lowest BCUT2D eigenvalue weighted by molar-refractivity contribution is -0.119. The SMILES string of the molecule is CC(O)(O)Nc1ccccc1N=Nc1ccccc1NC(C)(O)O. The highest BCUT2D eigenvalue weighted by atomic mass is 16.5. The van der Waals surface area contributed by atoms with Crippen LogP contribution in [0.25, 0.3) is 0 Å². The second-order valence-electron chi connectivity index (χ2n) is 5.53. The minimum atomic E-state index is -2.10. The monoisotopic (exact) mass is 332 g/mol. The van der Waals surface area contributed by atoms with Gasteiger partial charge in [-0.05, 0) is 24.3 Å². The summed E-state index contributed by atoms with van der Waals surface area (Å²) in [6.45, 7) is 2.37. The van der Waals surface area contributed by atoms with Crippen LogP contribution < -0.4 is 10.6 Å². The van der Waals surface area contributed by atoms with Crippen LogP contribution in [0.1, 0.15) is 13.8 Å². The molecule has 24 heavy (non-hydrogen) atoms. The van der Waals surface area contributed by atoms with E-state index < -0.39 is 11.8 Å². The molecule has 0 saturated heterocycles. The Hall–Kier alpha value is -2.52. The number of hydrogen-bond donors (Lipinski definition) is 6. The number of anilines is 2. The fourth-order valence-corrected chi connectivity index (χ4v) is 1.95. The van der Waals surface area contributed by atoms with Gasteiger partial charge < -0.3 is 31.1 Å². The number of azo groups is 1. The predicted octanol–water partition coefficient (Wildman–Crippen LogP) is 2.24. The number of para-hydroxylation sites is 2. The molecule has 0 bridgehead atoms. The molecule has 0 aliphatic rings. The van der Waals surface area contributed by atoms with Crippen LogP contribution in [0, 0.1) is 0 Å². The third-order valence-electron chi connectivity index (χ3n) is 2.82. The van der Waals surface area contributed by atoms with Crippen molar-refractivity contribution in [2.45, 2.75) is 25.7 Å². The van der Waals surface area contributed by atoms with E-state index in [0.29, 0.717) is 22.7 Å². The van der Waals surface area contributed by atoms with Crippen molar-refractivity contribution in [1.82, 2.24) is 0 Å². The van der Waals surface area contributed by atoms with Crippen LogP contribution >= 0.6 is 0 Å². The summed E-state index contributed by atoms with van der Waals surface area (Å²) in [7, 11) is 0. The second kappa shape index (κ2) is 6.93. The van der Waals surface area contributed by atoms with Gasteiger partial charge in [-0.15, -0.1) is 10.2 Å². The Morgan fingerprint density at radius 3 is 1.33 bits per heavy atom. The molecule has 0 aliphatic heterocycles. The lowest BCUT2D eigenvalue weighted by Gasteiger charge is -2.20. The second-order valence-corrected chi connectivity index (χ2v) is 5.53. The first-order chi connectivity index (χ1) is 11.1. The summed E-state index contributed by atoms with van der Waals surface area (Å²) in [5, 5.41) is 51.0. The van der Waals surface area contributed by atoms with E-state index in [1.54, 1.807) is 48.5 Å². The number of aliphatic hydroxyl groups is 4. The number of nitrogens with one attached hydrogen (secondary N) is 2. The van der Waals surface area contributed by atoms with Crippen molar-refractivity contribution >= 4 is 22.7 Å². The lowest BCUT2D eigenvalue weighted by atomic mass is 10.2. The van der Waals surface area contributed by atoms with E-state index in [1.807, 2.05) is 0 Å². The van der Waals surface area contributed by atoms with Crippen molar-refractivity contribution in [2.24, 2.45) is 10.2 Å². The van der Waals surface area contributed by atoms with E-state index in [1.165, 1.54) is 13.8 Å². The van der Waals surface area contributed by atoms with Crippen molar-refractivity contribution in [3.63, 3.8) is 0 Å². The molecule has 0 amide bonds. The summed E-state index contributed by atoms with van der Waals surface area (Å²) in [5.74, 6) is -4.19. The van der Waals surface area contributed by atoms with Crippen LogP contribution in [0.3, 0.4) is 0 Å². The molecular formula is C16H20N4O4. The van der Waals surface area contributed by atoms with Gasteiger partial charge in [-0.2, -0.15) is 0 Å². The molecule has 2 aromatic carbocycles. The normalized spacial score (nSPS) is 12.4. The zero-order valence-electron chi connectivity index (χ0n) is 13.3. The predicted molar refractivity (Wildman–Crippen MR) is 90.0 cm³/mol. The number of hydrogen-bond acceptors (Lipinski definition) is 8. The average molecular weight is 332 g/mol. The van der Waals surface area contributed by atoms with Gasteiger partial charge in [-0.1, -0.05) is 24.3 Å². The van der Waals surface area contributed by atoms with Crippen LogP contribution in [0.4, 0.5) is 22.7 Å². The van der Waals surface area contributed by atoms with Gasteiger partial charge in [0.05, 0.1) is 11.4 Å². The summed E-state index contributed by atoms with van der Waals surface area (Å²) in [4.78, 5) is 0. The number of benzene rings is 2. The Labute approximate surface area is 139 Å². The smallest absolute Gasteiger partial charge is 0.241 e. The van der Waals surface area contributed by atoms with E-state index in [9.17, 15) is 20.4 Å². The van der Waals surface area contributed by atoms with Gasteiger partial charge in [0.2, 0.25) is 11.8 Å². The Kier molecular flexibility index (Phi) is 5.15. The minimum absolute atomic E-state index is 0.383. The zero-order chi connectivity index (χ0) is 17.8. The molecule has 128 valence electrons. The Balaban J connectivity index is 2.30. The zero-order valence-corrected chi connectivity index (χ0v) is 13.3. The lowest BCUT2D eigenvalue weighted by Crippen LogP contribution is -2.33. The Morgan fingerprint density at radius 1 is 0.667 bits per heavy atom. The molecule has 0 aromatic heterocycles. The molecular weight excluding hydrogens is 312 g/mol. The van der Waals surface area contributed by atoms with Gasteiger partial charge in [-0.3, -0.25) is 0 Å². The molecule has 0 unspecified atom stereocenters. The van der Waals surface area contributed by atoms with Gasteiger partial charge in [0.1, 0.15) is 11.4 Å². The Bertz CT molecular complexity index is 659. The van der Waals surface area contributed by atoms with Crippen molar-refractivity contribution in [3.05, 3.63) is 48.5 Å². The van der Waals surface area contributed by atoms with Gasteiger partial charge in [0, 0.05) is 13.8 Å². The van der Waals surface area contributed by atoms with Crippen molar-refractivity contribution in [1.29, 1.82) is 0 Å². The maximum Gasteiger partial charge on any atom is 0.241 e. The van der Waals surface area contributed by atoms with Crippen LogP contribution in [-0.2, 0) is 0 Å². The van der Waals surface area contributed by atoms with Gasteiger partial charge in [0.25, 0.3) is 0 Å². The molecule has 2 rings (SSSR count). The summed E-state index contributed by atoms with van der Waals surface area (Å²) >= 11 is 0. The molecule has 0 spiro atoms. The maximum atomic E-state index is 9.46. The van der Waals surface area contributed by atoms with Crippen molar-refractivity contribution in [3.8, 4) is 0 Å². The molecule has 0 heterocycles. The van der Waals surface area contributed by atoms with Crippen LogP contribution in [0.2, 0.25) is 0 Å². The fourth-order valence-electron chi connectivity index (χ4n) is 1.95. The van der Waals surface area contributed by atoms with E-state index in [-0.39, 0.29) is 0 Å². The first-order valence-electron chi connectivity index (χ1n) is 7.20. The third kappa shape index (κ3) is 5.60. The molecule has 8 heteroatoms. The standard InChI is InChI=1S/C16H20N4O4/c1-15(21,22)17-11-7-3-5-9-13(11)19-20-14-10-6-4-8-12(14)18-16(2,23)24/h3-10,17-18,21-24H,1-2H3. The molecule has 0 atom stereocenters. The van der Waals surface area contributed by atoms with Crippen LogP contribution in [0.15, 0.2) is 58.8 Å². The van der Waals surface area contributed by atoms with Crippen molar-refractivity contribution < 1.29 is 20.4 Å². The highest BCUT2D eigenvalue weighted by molar-refractivity contribution is 5.68. The third-order valence-corrected chi connectivity index (χ3v) is 2.82. The van der Waals surface area contributed by atoms with Crippen LogP contribution in [0.5, 0.6) is 0 Å². The van der Waals surface area contributed by atoms with Crippen LogP contribution in [-0.4, -0.2) is 32.2 Å². The fraction of sp³-hybridized carbons (Fsp3) is 0.250. The molecule has 0 aliphatic carbocycles. The molecule has 6 N–H and O–H groups in total. The van der Waals surface area contributed by atoms with E-state index in [4.69, 9.17) is 0 Å². The van der Waals surface area contributed by atoms with E-state index in [0.717, 1.165) is 0 Å². The largest absolute Gasteiger partial charge is 0.349 e. The average Bonchev–Trinajstić information content (AvgIpc) is 2.44. The quantitative estimate of drug-likeness (QED) is 0.355. The van der Waals surface area contributed by atoms with Gasteiger partial charge >= 0.3 is 0 Å². The Morgan fingerprint density at radius 2 is 1.00 bits per heavy atom. The summed E-state index contributed by atoms with van der Waals surface area (Å²) in [5.41, 5.74) is 1.54. The molecule has 8 nitrogen and oxygen atoms in total. The first-order valence-corrected chi connectivity index (χ1v) is 7.20. The number of rotatable bonds is 6. The summed E-state index contributed by atoms with van der Waals surface area (Å²) < 4.78 is 0. The first kappa shape index (κ1) is 17.8. The highest BCUT2D eigenvalue weighted by Gasteiger charge is 2.17. The maximum absolute atomic E-state index is 9.46. The van der Waals surface area contributed by atoms with Gasteiger partial charge in [-0.25, -0.2) is 0 Å². The summed E-state index contributed by atoms with van der Waals surface area (Å²) in [6, 6.07) is 13.4. The van der Waals surface area contributed by atoms with E-state index >= 15 is 0 Å². The van der Waals surface area contributed by atoms with Crippen molar-refractivity contribution in [2.75, 3.05) is 10.6 Å². The highest BCUT2D eigenvalue weighted by Crippen LogP contribution is 2.31. The number of nitrogens with zero attached hydrogens (tertiary/aromatic N) is 2. The summed E-state index contributed by atoms with van der Waals surface area (Å²) in [6.07, 6.45) is 0. The minimum Gasteiger partial charge on any atom is -0.349 e. The van der Waals surface area contributed by atoms with E-state index in [2.05, 4.69) is 20.9 Å². The molecule has 0 radical (unpaired) electrons. The molecule has 2 aromatic rings. The molecule has 0 fully saturated rings. The molecule has 0 saturated carbocycles.